The summed E-state index contributed by atoms with van der Waals surface area (Å²) in [7, 11) is 0. The number of aliphatic hydroxyl groups is 2. The van der Waals surface area contributed by atoms with Gasteiger partial charge in [0.05, 0.1) is 6.61 Å². The first kappa shape index (κ1) is 70.9. The Bertz CT molecular complexity index is 1660. The summed E-state index contributed by atoms with van der Waals surface area (Å²) < 4.78 is 28.4. The highest BCUT2D eigenvalue weighted by atomic mass is 16.7. The van der Waals surface area contributed by atoms with Crippen molar-refractivity contribution in [1.82, 2.24) is 0 Å². The molecule has 0 aromatic rings. The number of allylic oxidation sites excluding steroid dienone is 14. The fraction of sp³-hybridized carbons (Fsp3) is 0.723. The highest BCUT2D eigenvalue weighted by molar-refractivity contribution is 5.74. The predicted octanol–water partition coefficient (Wildman–Crippen LogP) is 15.9. The topological polar surface area (TPSA) is 175 Å². The third-order valence-corrected chi connectivity index (χ3v) is 13.5. The summed E-state index contributed by atoms with van der Waals surface area (Å²) in [6, 6.07) is 0. The van der Waals surface area contributed by atoms with Crippen molar-refractivity contribution in [3.8, 4) is 0 Å². The van der Waals surface area contributed by atoms with Crippen molar-refractivity contribution in [3.63, 3.8) is 0 Å². The molecule has 6 unspecified atom stereocenters. The van der Waals surface area contributed by atoms with Crippen molar-refractivity contribution in [2.75, 3.05) is 13.2 Å². The van der Waals surface area contributed by atoms with Crippen LogP contribution in [0.4, 0.5) is 0 Å². The number of esters is 3. The number of carbonyl (C=O) groups is 4. The van der Waals surface area contributed by atoms with Gasteiger partial charge in [0.1, 0.15) is 18.8 Å². The second-order valence-corrected chi connectivity index (χ2v) is 20.6. The van der Waals surface area contributed by atoms with Gasteiger partial charge in [0.15, 0.2) is 24.6 Å². The molecule has 3 N–H and O–H groups in total. The van der Waals surface area contributed by atoms with Gasteiger partial charge in [-0.1, -0.05) is 221 Å². The molecule has 6 atom stereocenters. The maximum atomic E-state index is 13.1. The first-order valence-electron chi connectivity index (χ1n) is 30.6. The molecule has 12 heteroatoms. The monoisotopic (exact) mass is 1080 g/mol. The van der Waals surface area contributed by atoms with Gasteiger partial charge >= 0.3 is 23.9 Å². The van der Waals surface area contributed by atoms with Crippen molar-refractivity contribution in [2.45, 2.75) is 289 Å². The van der Waals surface area contributed by atoms with Crippen LogP contribution < -0.4 is 0 Å². The fourth-order valence-electron chi connectivity index (χ4n) is 8.78. The van der Waals surface area contributed by atoms with Gasteiger partial charge in [-0.15, -0.1) is 0 Å². The Balaban J connectivity index is 2.68. The van der Waals surface area contributed by atoms with Crippen LogP contribution in [0.25, 0.3) is 0 Å². The highest BCUT2D eigenvalue weighted by Crippen LogP contribution is 2.26. The average molecular weight is 1080 g/mol. The normalized spacial score (nSPS) is 18.6. The molecular formula is C65H108O12. The van der Waals surface area contributed by atoms with Gasteiger partial charge in [0.25, 0.3) is 0 Å². The number of rotatable bonds is 51. The van der Waals surface area contributed by atoms with Crippen LogP contribution >= 0.6 is 0 Å². The molecular weight excluding hydrogens is 973 g/mol. The molecule has 0 aromatic heterocycles. The average Bonchev–Trinajstić information content (AvgIpc) is 3.42. The van der Waals surface area contributed by atoms with Crippen molar-refractivity contribution >= 4 is 23.9 Å². The third-order valence-electron chi connectivity index (χ3n) is 13.5. The number of carboxylic acids is 1. The zero-order valence-electron chi connectivity index (χ0n) is 48.4. The zero-order chi connectivity index (χ0) is 56.1. The van der Waals surface area contributed by atoms with Gasteiger partial charge in [-0.2, -0.15) is 0 Å². The molecule has 1 saturated heterocycles. The molecule has 0 bridgehead atoms. The minimum absolute atomic E-state index is 0.0187. The number of aliphatic hydroxyl groups excluding tert-OH is 2. The van der Waals surface area contributed by atoms with E-state index in [0.29, 0.717) is 19.3 Å². The van der Waals surface area contributed by atoms with Crippen LogP contribution in [-0.2, 0) is 42.9 Å². The molecule has 1 fully saturated rings. The Morgan fingerprint density at radius 2 is 0.818 bits per heavy atom. The Morgan fingerprint density at radius 1 is 0.442 bits per heavy atom. The van der Waals surface area contributed by atoms with Crippen molar-refractivity contribution in [3.05, 3.63) is 85.1 Å². The SMILES string of the molecule is CC/C=C\C/C=C\C/C=C\C/C=C\C/C=C\CCCCCC(=O)OC1C(OCC(COC(=O)CCCCCCCCC/C=C\C/C=C\CCCCC)OC(=O)CCCCCCCCCCCCC)OC(C(=O)O)C(O)C1O. The number of carbonyl (C=O) groups excluding carboxylic acids is 3. The molecule has 1 aliphatic heterocycles. The fourth-order valence-corrected chi connectivity index (χ4v) is 8.78. The quantitative estimate of drug-likeness (QED) is 0.0228. The van der Waals surface area contributed by atoms with E-state index in [4.69, 9.17) is 23.7 Å². The van der Waals surface area contributed by atoms with E-state index in [-0.39, 0.29) is 25.9 Å². The number of carboxylic acid groups (broad SMARTS) is 1. The van der Waals surface area contributed by atoms with Crippen LogP contribution in [0.1, 0.15) is 252 Å². The standard InChI is InChI=1S/C65H108O12/c1-4-7-10-13-16-19-22-24-26-28-29-31-33-35-38-41-44-47-50-53-59(68)76-63-61(70)60(69)62(64(71)72)77-65(63)74-55-56(75-58(67)52-49-46-43-40-36-21-18-15-12-9-6-3)54-73-57(66)51-48-45-42-39-37-34-32-30-27-25-23-20-17-14-11-8-5-2/h7,10,16-17,19-20,24-27,29,31,35,38,56,60-63,65,69-70H,4-6,8-9,11-15,18,21-23,28,30,32-34,36-37,39-55H2,1-3H3,(H,71,72)/b10-7-,19-16-,20-17-,26-24-,27-25-,31-29-,38-35-. The maximum absolute atomic E-state index is 13.1. The predicted molar refractivity (Wildman–Crippen MR) is 312 cm³/mol. The van der Waals surface area contributed by atoms with Gasteiger partial charge in [0, 0.05) is 19.3 Å². The number of aliphatic carboxylic acids is 1. The van der Waals surface area contributed by atoms with E-state index in [1.807, 2.05) is 0 Å². The van der Waals surface area contributed by atoms with Gasteiger partial charge < -0.3 is 39.0 Å². The molecule has 0 radical (unpaired) electrons. The Hall–Kier alpha value is -4.10. The Morgan fingerprint density at radius 3 is 1.29 bits per heavy atom. The summed E-state index contributed by atoms with van der Waals surface area (Å²) in [5, 5.41) is 31.5. The summed E-state index contributed by atoms with van der Waals surface area (Å²) in [6.45, 7) is 5.83. The number of ether oxygens (including phenoxy) is 5. The van der Waals surface area contributed by atoms with E-state index in [9.17, 15) is 34.5 Å². The summed E-state index contributed by atoms with van der Waals surface area (Å²) in [5.74, 6) is -3.17. The Labute approximate surface area is 467 Å². The third kappa shape index (κ3) is 42.5. The van der Waals surface area contributed by atoms with Crippen molar-refractivity contribution < 1.29 is 58.2 Å². The number of hydrogen-bond donors (Lipinski definition) is 3. The Kier molecular flexibility index (Phi) is 48.4. The first-order chi connectivity index (χ1) is 37.6. The molecule has 1 heterocycles. The van der Waals surface area contributed by atoms with Crippen LogP contribution in [0.3, 0.4) is 0 Å². The van der Waals surface area contributed by atoms with E-state index in [0.717, 1.165) is 109 Å². The van der Waals surface area contributed by atoms with Crippen molar-refractivity contribution in [1.29, 1.82) is 0 Å². The van der Waals surface area contributed by atoms with Crippen LogP contribution in [0.2, 0.25) is 0 Å². The van der Waals surface area contributed by atoms with Crippen molar-refractivity contribution in [2.24, 2.45) is 0 Å². The van der Waals surface area contributed by atoms with E-state index >= 15 is 0 Å². The first-order valence-corrected chi connectivity index (χ1v) is 30.6. The molecule has 440 valence electrons. The van der Waals surface area contributed by atoms with E-state index in [1.165, 1.54) is 83.5 Å². The number of hydrogen-bond acceptors (Lipinski definition) is 11. The summed E-state index contributed by atoms with van der Waals surface area (Å²) in [4.78, 5) is 51.1. The minimum Gasteiger partial charge on any atom is -0.479 e. The molecule has 1 aliphatic rings. The van der Waals surface area contributed by atoms with Crippen LogP contribution in [0.15, 0.2) is 85.1 Å². The minimum atomic E-state index is -1.92. The summed E-state index contributed by atoms with van der Waals surface area (Å²) in [5.41, 5.74) is 0. The lowest BCUT2D eigenvalue weighted by Crippen LogP contribution is -2.61. The lowest BCUT2D eigenvalue weighted by Gasteiger charge is -2.40. The zero-order valence-corrected chi connectivity index (χ0v) is 48.4. The largest absolute Gasteiger partial charge is 0.479 e. The van der Waals surface area contributed by atoms with Gasteiger partial charge in [-0.3, -0.25) is 14.4 Å². The van der Waals surface area contributed by atoms with E-state index in [1.54, 1.807) is 0 Å². The second-order valence-electron chi connectivity index (χ2n) is 20.6. The van der Waals surface area contributed by atoms with Crippen LogP contribution in [-0.4, -0.2) is 89.2 Å². The van der Waals surface area contributed by atoms with E-state index in [2.05, 4.69) is 106 Å². The van der Waals surface area contributed by atoms with Crippen LogP contribution in [0.5, 0.6) is 0 Å². The van der Waals surface area contributed by atoms with Crippen LogP contribution in [0, 0.1) is 0 Å². The molecule has 0 amide bonds. The highest BCUT2D eigenvalue weighted by Gasteiger charge is 2.50. The molecule has 12 nitrogen and oxygen atoms in total. The molecule has 0 aromatic carbocycles. The second kappa shape index (κ2) is 52.6. The molecule has 1 rings (SSSR count). The maximum Gasteiger partial charge on any atom is 0.335 e. The molecule has 0 spiro atoms. The van der Waals surface area contributed by atoms with Gasteiger partial charge in [-0.25, -0.2) is 4.79 Å². The lowest BCUT2D eigenvalue weighted by atomic mass is 9.98. The summed E-state index contributed by atoms with van der Waals surface area (Å²) >= 11 is 0. The smallest absolute Gasteiger partial charge is 0.335 e. The molecule has 77 heavy (non-hydrogen) atoms. The lowest BCUT2D eigenvalue weighted by molar-refractivity contribution is -0.301. The van der Waals surface area contributed by atoms with E-state index < -0.39 is 67.3 Å². The van der Waals surface area contributed by atoms with Gasteiger partial charge in [0.2, 0.25) is 0 Å². The molecule has 0 saturated carbocycles. The number of unbranched alkanes of at least 4 members (excludes halogenated alkanes) is 23. The molecule has 0 aliphatic carbocycles. The van der Waals surface area contributed by atoms with Gasteiger partial charge in [-0.05, 0) is 96.3 Å². The summed E-state index contributed by atoms with van der Waals surface area (Å²) in [6.07, 6.45) is 55.5.